The fourth-order valence-electron chi connectivity index (χ4n) is 3.73. The Morgan fingerprint density at radius 3 is 2.71 bits per heavy atom. The summed E-state index contributed by atoms with van der Waals surface area (Å²) in [6.45, 7) is 3.78. The molecule has 3 heterocycles. The zero-order chi connectivity index (χ0) is 23.8. The van der Waals surface area contributed by atoms with Crippen LogP contribution in [0.5, 0.6) is 11.6 Å². The van der Waals surface area contributed by atoms with E-state index < -0.39 is 0 Å². The molecule has 0 radical (unpaired) electrons. The lowest BCUT2D eigenvalue weighted by Crippen LogP contribution is -2.12. The highest BCUT2D eigenvalue weighted by atomic mass is 16.5. The number of aromatic amines is 2. The molecule has 5 aromatic rings. The van der Waals surface area contributed by atoms with E-state index in [9.17, 15) is 9.90 Å². The number of rotatable bonds is 5. The number of H-pyrrole nitrogens is 2. The Morgan fingerprint density at radius 1 is 1.09 bits per heavy atom. The van der Waals surface area contributed by atoms with E-state index in [0.717, 1.165) is 22.4 Å². The Hall–Kier alpha value is -4.66. The number of nitrogens with one attached hydrogen (secondary N) is 3. The Bertz CT molecular complexity index is 1540. The van der Waals surface area contributed by atoms with E-state index in [0.29, 0.717) is 39.7 Å². The number of nitrogens with zero attached hydrogens (tertiary/aromatic N) is 3. The third kappa shape index (κ3) is 3.73. The molecule has 0 saturated heterocycles. The highest BCUT2D eigenvalue weighted by molar-refractivity contribution is 6.06. The van der Waals surface area contributed by atoms with E-state index in [2.05, 4.69) is 30.5 Å². The number of amides is 1. The van der Waals surface area contributed by atoms with Gasteiger partial charge in [0.05, 0.1) is 23.7 Å². The largest absolute Gasteiger partial charge is 0.507 e. The minimum absolute atomic E-state index is 0.0769. The molecule has 0 saturated carbocycles. The molecule has 2 aromatic carbocycles. The van der Waals surface area contributed by atoms with Crippen molar-refractivity contribution in [2.75, 3.05) is 12.4 Å². The molecule has 170 valence electrons. The van der Waals surface area contributed by atoms with Crippen LogP contribution in [0.1, 0.15) is 21.6 Å². The Labute approximate surface area is 194 Å². The maximum absolute atomic E-state index is 12.8. The van der Waals surface area contributed by atoms with Gasteiger partial charge in [0, 0.05) is 28.6 Å². The molecule has 0 aliphatic heterocycles. The second-order valence-corrected chi connectivity index (χ2v) is 7.89. The molecule has 34 heavy (non-hydrogen) atoms. The summed E-state index contributed by atoms with van der Waals surface area (Å²) in [7, 11) is 1.56. The summed E-state index contributed by atoms with van der Waals surface area (Å²) < 4.78 is 5.37. The molecule has 0 fully saturated rings. The van der Waals surface area contributed by atoms with Gasteiger partial charge in [-0.1, -0.05) is 6.07 Å². The van der Waals surface area contributed by atoms with Crippen molar-refractivity contribution in [1.29, 1.82) is 0 Å². The summed E-state index contributed by atoms with van der Waals surface area (Å²) in [6, 6.07) is 14.1. The highest BCUT2D eigenvalue weighted by Crippen LogP contribution is 2.35. The average molecular weight is 454 g/mol. The molecule has 0 unspecified atom stereocenters. The van der Waals surface area contributed by atoms with Crippen molar-refractivity contribution < 1.29 is 14.6 Å². The maximum atomic E-state index is 12.8. The van der Waals surface area contributed by atoms with Gasteiger partial charge in [0.2, 0.25) is 5.88 Å². The number of benzene rings is 2. The second kappa shape index (κ2) is 8.36. The van der Waals surface area contributed by atoms with E-state index in [4.69, 9.17) is 4.74 Å². The highest BCUT2D eigenvalue weighted by Gasteiger charge is 2.16. The molecule has 9 nitrogen and oxygen atoms in total. The van der Waals surface area contributed by atoms with Crippen molar-refractivity contribution in [3.05, 3.63) is 71.5 Å². The summed E-state index contributed by atoms with van der Waals surface area (Å²) in [4.78, 5) is 24.8. The number of ether oxygens (including phenoxy) is 1. The standard InChI is InChI=1S/C25H22N6O3/c1-13-14(2)30-31-22(13)29-24(33)16-6-8-19-20(12-16)28-23(27-19)18-11-15(7-9-21(18)32)17-5-4-10-26-25(17)34-3/h4-12,32H,1-3H3,(H,27,28)(H2,29,30,31,33). The molecule has 0 spiro atoms. The first-order valence-corrected chi connectivity index (χ1v) is 10.6. The van der Waals surface area contributed by atoms with Crippen LogP contribution in [0.15, 0.2) is 54.7 Å². The minimum atomic E-state index is -0.277. The summed E-state index contributed by atoms with van der Waals surface area (Å²) in [5, 5.41) is 20.3. The molecule has 1 amide bonds. The van der Waals surface area contributed by atoms with Gasteiger partial charge in [0.1, 0.15) is 11.6 Å². The molecule has 5 rings (SSSR count). The smallest absolute Gasteiger partial charge is 0.256 e. The number of anilines is 1. The monoisotopic (exact) mass is 454 g/mol. The van der Waals surface area contributed by atoms with Crippen LogP contribution in [0.25, 0.3) is 33.5 Å². The van der Waals surface area contributed by atoms with Crippen LogP contribution in [-0.4, -0.2) is 43.3 Å². The van der Waals surface area contributed by atoms with Crippen molar-refractivity contribution in [2.24, 2.45) is 0 Å². The van der Waals surface area contributed by atoms with Crippen LogP contribution < -0.4 is 10.1 Å². The number of aromatic hydroxyl groups is 1. The van der Waals surface area contributed by atoms with Gasteiger partial charge in [-0.25, -0.2) is 9.97 Å². The number of methoxy groups -OCH3 is 1. The molecule has 9 heteroatoms. The molecular weight excluding hydrogens is 432 g/mol. The summed E-state index contributed by atoms with van der Waals surface area (Å²) >= 11 is 0. The predicted octanol–water partition coefficient (Wildman–Crippen LogP) is 4.60. The molecule has 3 aromatic heterocycles. The summed E-state index contributed by atoms with van der Waals surface area (Å²) in [5.41, 5.74) is 5.72. The van der Waals surface area contributed by atoms with Crippen LogP contribution in [0.2, 0.25) is 0 Å². The lowest BCUT2D eigenvalue weighted by Gasteiger charge is -2.09. The van der Waals surface area contributed by atoms with Gasteiger partial charge < -0.3 is 20.1 Å². The van der Waals surface area contributed by atoms with Gasteiger partial charge >= 0.3 is 0 Å². The van der Waals surface area contributed by atoms with E-state index in [1.54, 1.807) is 43.6 Å². The van der Waals surface area contributed by atoms with E-state index >= 15 is 0 Å². The van der Waals surface area contributed by atoms with Gasteiger partial charge in [-0.3, -0.25) is 9.89 Å². The second-order valence-electron chi connectivity index (χ2n) is 7.89. The average Bonchev–Trinajstić information content (AvgIpc) is 3.42. The van der Waals surface area contributed by atoms with Gasteiger partial charge in [0.15, 0.2) is 5.82 Å². The molecular formula is C25H22N6O3. The minimum Gasteiger partial charge on any atom is -0.507 e. The topological polar surface area (TPSA) is 129 Å². The van der Waals surface area contributed by atoms with Gasteiger partial charge in [-0.2, -0.15) is 5.10 Å². The number of hydrogen-bond donors (Lipinski definition) is 4. The number of phenolic OH excluding ortho intramolecular Hbond substituents is 1. The van der Waals surface area contributed by atoms with E-state index in [1.165, 1.54) is 0 Å². The zero-order valence-corrected chi connectivity index (χ0v) is 18.8. The SMILES string of the molecule is COc1ncccc1-c1ccc(O)c(-c2nc3ccc(C(=O)Nc4n[nH]c(C)c4C)cc3[nH]2)c1. The van der Waals surface area contributed by atoms with Crippen LogP contribution >= 0.6 is 0 Å². The number of aryl methyl sites for hydroxylation is 1. The van der Waals surface area contributed by atoms with Crippen molar-refractivity contribution >= 4 is 22.8 Å². The normalized spacial score (nSPS) is 11.0. The summed E-state index contributed by atoms with van der Waals surface area (Å²) in [6.07, 6.45) is 1.66. The first-order valence-electron chi connectivity index (χ1n) is 10.6. The fourth-order valence-corrected chi connectivity index (χ4v) is 3.73. The van der Waals surface area contributed by atoms with Crippen LogP contribution in [0.3, 0.4) is 0 Å². The third-order valence-corrected chi connectivity index (χ3v) is 5.76. The van der Waals surface area contributed by atoms with Crippen molar-refractivity contribution in [3.8, 4) is 34.1 Å². The van der Waals surface area contributed by atoms with Gasteiger partial charge in [0.25, 0.3) is 5.91 Å². The molecule has 0 aliphatic rings. The van der Waals surface area contributed by atoms with Gasteiger partial charge in [-0.15, -0.1) is 0 Å². The Morgan fingerprint density at radius 2 is 1.94 bits per heavy atom. The molecule has 0 bridgehead atoms. The van der Waals surface area contributed by atoms with Crippen LogP contribution in [-0.2, 0) is 0 Å². The number of carbonyl (C=O) groups excluding carboxylic acids is 1. The van der Waals surface area contributed by atoms with Crippen molar-refractivity contribution in [1.82, 2.24) is 25.1 Å². The maximum Gasteiger partial charge on any atom is 0.256 e. The predicted molar refractivity (Wildman–Crippen MR) is 129 cm³/mol. The van der Waals surface area contributed by atoms with Crippen LogP contribution in [0, 0.1) is 13.8 Å². The zero-order valence-electron chi connectivity index (χ0n) is 18.8. The first kappa shape index (κ1) is 21.2. The molecule has 0 aliphatic carbocycles. The van der Waals surface area contributed by atoms with E-state index in [1.807, 2.05) is 32.0 Å². The quantitative estimate of drug-likeness (QED) is 0.307. The number of phenols is 1. The number of imidazole rings is 1. The lowest BCUT2D eigenvalue weighted by molar-refractivity contribution is 0.102. The third-order valence-electron chi connectivity index (χ3n) is 5.76. The van der Waals surface area contributed by atoms with Crippen molar-refractivity contribution in [3.63, 3.8) is 0 Å². The fraction of sp³-hybridized carbons (Fsp3) is 0.120. The number of carbonyl (C=O) groups is 1. The van der Waals surface area contributed by atoms with E-state index in [-0.39, 0.29) is 11.7 Å². The number of fused-ring (bicyclic) bond motifs is 1. The molecule has 4 N–H and O–H groups in total. The first-order chi connectivity index (χ1) is 16.4. The van der Waals surface area contributed by atoms with Crippen molar-refractivity contribution in [2.45, 2.75) is 13.8 Å². The Kier molecular flexibility index (Phi) is 5.21. The number of hydrogen-bond acceptors (Lipinski definition) is 6. The number of pyridine rings is 1. The van der Waals surface area contributed by atoms with Gasteiger partial charge in [-0.05, 0) is 61.9 Å². The summed E-state index contributed by atoms with van der Waals surface area (Å²) in [5.74, 6) is 1.27. The Balaban J connectivity index is 1.49. The number of aromatic nitrogens is 5. The van der Waals surface area contributed by atoms with Crippen LogP contribution in [0.4, 0.5) is 5.82 Å². The molecule has 0 atom stereocenters. The lowest BCUT2D eigenvalue weighted by atomic mass is 10.0.